The van der Waals surface area contributed by atoms with Crippen LogP contribution in [-0.4, -0.2) is 27.7 Å². The number of nitrogens with zero attached hydrogens (tertiary/aromatic N) is 3. The van der Waals surface area contributed by atoms with Gasteiger partial charge >= 0.3 is 0 Å². The Morgan fingerprint density at radius 1 is 0.818 bits per heavy atom. The van der Waals surface area contributed by atoms with Crippen molar-refractivity contribution < 1.29 is 14.4 Å². The molecule has 33 heavy (non-hydrogen) atoms. The topological polar surface area (TPSA) is 118 Å². The summed E-state index contributed by atoms with van der Waals surface area (Å²) in [6.07, 6.45) is 0. The molecular weight excluding hydrogens is 418 g/mol. The first-order valence-electron chi connectivity index (χ1n) is 10.4. The lowest BCUT2D eigenvalue weighted by Gasteiger charge is -2.15. The molecule has 0 atom stereocenters. The predicted octanol–water partition coefficient (Wildman–Crippen LogP) is 4.30. The Labute approximate surface area is 190 Å². The van der Waals surface area contributed by atoms with Gasteiger partial charge in [0, 0.05) is 5.69 Å². The minimum Gasteiger partial charge on any atom is -0.364 e. The van der Waals surface area contributed by atoms with E-state index in [2.05, 4.69) is 15.3 Å². The highest BCUT2D eigenvalue weighted by Gasteiger charge is 2.36. The van der Waals surface area contributed by atoms with E-state index in [-0.39, 0.29) is 11.5 Å². The zero-order valence-electron chi connectivity index (χ0n) is 18.1. The Morgan fingerprint density at radius 3 is 2.03 bits per heavy atom. The molecular formula is C25H21N5O3. The van der Waals surface area contributed by atoms with Crippen molar-refractivity contribution in [2.24, 2.45) is 5.73 Å². The Hall–Kier alpha value is -4.59. The van der Waals surface area contributed by atoms with Crippen LogP contribution in [-0.2, 0) is 0 Å². The number of nitrogens with one attached hydrogen (secondary N) is 1. The van der Waals surface area contributed by atoms with E-state index < -0.39 is 17.7 Å². The molecule has 5 rings (SSSR count). The molecule has 0 unspecified atom stereocenters. The molecule has 0 radical (unpaired) electrons. The summed E-state index contributed by atoms with van der Waals surface area (Å²) in [6, 6.07) is 20.6. The maximum absolute atomic E-state index is 12.8. The number of primary amides is 1. The first kappa shape index (κ1) is 21.6. The number of para-hydroxylation sites is 1. The summed E-state index contributed by atoms with van der Waals surface area (Å²) in [5.41, 5.74) is 8.08. The summed E-state index contributed by atoms with van der Waals surface area (Å²) in [6.45, 7) is 4.00. The van der Waals surface area contributed by atoms with Gasteiger partial charge in [-0.15, -0.1) is 0 Å². The van der Waals surface area contributed by atoms with Gasteiger partial charge < -0.3 is 11.1 Å². The predicted molar refractivity (Wildman–Crippen MR) is 127 cm³/mol. The number of hydrogen-bond acceptors (Lipinski definition) is 6. The molecule has 3 amide bonds. The van der Waals surface area contributed by atoms with E-state index in [9.17, 15) is 14.4 Å². The average molecular weight is 439 g/mol. The molecule has 8 nitrogen and oxygen atoms in total. The van der Waals surface area contributed by atoms with E-state index in [0.717, 1.165) is 4.90 Å². The molecule has 3 aromatic carbocycles. The van der Waals surface area contributed by atoms with Crippen LogP contribution in [0.25, 0.3) is 11.0 Å². The van der Waals surface area contributed by atoms with Crippen LogP contribution in [0.4, 0.5) is 17.2 Å². The fourth-order valence-electron chi connectivity index (χ4n) is 3.52. The molecule has 0 saturated heterocycles. The molecule has 3 N–H and O–H groups in total. The Morgan fingerprint density at radius 2 is 1.42 bits per heavy atom. The first-order valence-corrected chi connectivity index (χ1v) is 10.4. The van der Waals surface area contributed by atoms with Gasteiger partial charge in [0.15, 0.2) is 11.5 Å². The second-order valence-corrected chi connectivity index (χ2v) is 6.94. The normalized spacial score (nSPS) is 12.2. The lowest BCUT2D eigenvalue weighted by Crippen LogP contribution is -2.29. The Bertz CT molecular complexity index is 1350. The number of benzene rings is 3. The van der Waals surface area contributed by atoms with Crippen molar-refractivity contribution in [3.05, 3.63) is 89.6 Å². The molecule has 0 saturated carbocycles. The Balaban J connectivity index is 0.00000126. The van der Waals surface area contributed by atoms with Crippen LogP contribution >= 0.6 is 0 Å². The van der Waals surface area contributed by atoms with Gasteiger partial charge in [0.25, 0.3) is 17.7 Å². The number of carbonyl (C=O) groups excluding carboxylic acids is 3. The van der Waals surface area contributed by atoms with Crippen molar-refractivity contribution in [2.75, 3.05) is 10.2 Å². The standard InChI is InChI=1S/C23H15N5O3.C2H6/c24-20(29)19-21(25-13-6-2-1-3-7-13)27-18-12-14(10-11-17(18)26-19)28-22(30)15-8-4-5-9-16(15)23(28)31;1-2/h1-12H,(H2,24,29)(H,25,27);1-2H3. The van der Waals surface area contributed by atoms with Crippen LogP contribution < -0.4 is 16.0 Å². The zero-order chi connectivity index (χ0) is 23.5. The van der Waals surface area contributed by atoms with E-state index in [1.165, 1.54) is 0 Å². The second-order valence-electron chi connectivity index (χ2n) is 6.94. The highest BCUT2D eigenvalue weighted by Crippen LogP contribution is 2.30. The zero-order valence-corrected chi connectivity index (χ0v) is 18.1. The van der Waals surface area contributed by atoms with E-state index in [4.69, 9.17) is 5.73 Å². The number of fused-ring (bicyclic) bond motifs is 2. The van der Waals surface area contributed by atoms with Gasteiger partial charge in [0.1, 0.15) is 0 Å². The molecule has 1 aliphatic rings. The molecule has 0 spiro atoms. The smallest absolute Gasteiger partial charge is 0.271 e. The maximum Gasteiger partial charge on any atom is 0.271 e. The molecule has 4 aromatic rings. The third kappa shape index (κ3) is 3.89. The second kappa shape index (κ2) is 8.88. The minimum absolute atomic E-state index is 0.00941. The highest BCUT2D eigenvalue weighted by molar-refractivity contribution is 6.34. The minimum atomic E-state index is -0.725. The van der Waals surface area contributed by atoms with E-state index in [0.29, 0.717) is 33.5 Å². The summed E-state index contributed by atoms with van der Waals surface area (Å²) in [5, 5.41) is 3.04. The summed E-state index contributed by atoms with van der Waals surface area (Å²) in [5.74, 6) is -1.34. The van der Waals surface area contributed by atoms with Crippen LogP contribution in [0, 0.1) is 0 Å². The van der Waals surface area contributed by atoms with Gasteiger partial charge in [-0.05, 0) is 42.5 Å². The fraction of sp³-hybridized carbons (Fsp3) is 0.0800. The van der Waals surface area contributed by atoms with Crippen molar-refractivity contribution in [3.63, 3.8) is 0 Å². The number of carbonyl (C=O) groups is 3. The summed E-state index contributed by atoms with van der Waals surface area (Å²) in [7, 11) is 0. The summed E-state index contributed by atoms with van der Waals surface area (Å²) < 4.78 is 0. The van der Waals surface area contributed by atoms with Crippen molar-refractivity contribution in [2.45, 2.75) is 13.8 Å². The van der Waals surface area contributed by atoms with Gasteiger partial charge in [-0.2, -0.15) is 0 Å². The van der Waals surface area contributed by atoms with Gasteiger partial charge in [-0.3, -0.25) is 14.4 Å². The number of aromatic nitrogens is 2. The van der Waals surface area contributed by atoms with Crippen molar-refractivity contribution in [3.8, 4) is 0 Å². The average Bonchev–Trinajstić information content (AvgIpc) is 3.10. The number of imide groups is 1. The lowest BCUT2D eigenvalue weighted by atomic mass is 10.1. The number of rotatable bonds is 4. The van der Waals surface area contributed by atoms with Crippen molar-refractivity contribution in [1.29, 1.82) is 0 Å². The van der Waals surface area contributed by atoms with E-state index in [1.807, 2.05) is 44.2 Å². The third-order valence-corrected chi connectivity index (χ3v) is 4.97. The van der Waals surface area contributed by atoms with Crippen LogP contribution in [0.1, 0.15) is 45.1 Å². The van der Waals surface area contributed by atoms with Crippen molar-refractivity contribution >= 4 is 45.9 Å². The fourth-order valence-corrected chi connectivity index (χ4v) is 3.52. The molecule has 0 aliphatic carbocycles. The first-order chi connectivity index (χ1) is 16.0. The van der Waals surface area contributed by atoms with Crippen LogP contribution in [0.5, 0.6) is 0 Å². The van der Waals surface area contributed by atoms with Gasteiger partial charge in [-0.25, -0.2) is 14.9 Å². The van der Waals surface area contributed by atoms with Crippen molar-refractivity contribution in [1.82, 2.24) is 9.97 Å². The Kier molecular flexibility index (Phi) is 5.82. The van der Waals surface area contributed by atoms with Gasteiger partial charge in [0.05, 0.1) is 27.8 Å². The molecule has 0 bridgehead atoms. The third-order valence-electron chi connectivity index (χ3n) is 4.97. The lowest BCUT2D eigenvalue weighted by molar-refractivity contribution is 0.0924. The molecule has 1 aliphatic heterocycles. The van der Waals surface area contributed by atoms with Crippen LogP contribution in [0.15, 0.2) is 72.8 Å². The van der Waals surface area contributed by atoms with Crippen LogP contribution in [0.3, 0.4) is 0 Å². The molecule has 8 heteroatoms. The molecule has 0 fully saturated rings. The molecule has 164 valence electrons. The van der Waals surface area contributed by atoms with E-state index >= 15 is 0 Å². The van der Waals surface area contributed by atoms with Gasteiger partial charge in [-0.1, -0.05) is 44.2 Å². The highest BCUT2D eigenvalue weighted by atomic mass is 16.2. The van der Waals surface area contributed by atoms with Crippen LogP contribution in [0.2, 0.25) is 0 Å². The summed E-state index contributed by atoms with van der Waals surface area (Å²) >= 11 is 0. The largest absolute Gasteiger partial charge is 0.364 e. The number of nitrogens with two attached hydrogens (primary N) is 1. The summed E-state index contributed by atoms with van der Waals surface area (Å²) in [4.78, 5) is 47.4. The molecule has 2 heterocycles. The number of amides is 3. The van der Waals surface area contributed by atoms with E-state index in [1.54, 1.807) is 42.5 Å². The quantitative estimate of drug-likeness (QED) is 0.458. The SMILES string of the molecule is CC.NC(=O)c1nc2ccc(N3C(=O)c4ccccc4C3=O)cc2nc1Nc1ccccc1. The van der Waals surface area contributed by atoms with Gasteiger partial charge in [0.2, 0.25) is 0 Å². The number of anilines is 3. The monoisotopic (exact) mass is 439 g/mol. The maximum atomic E-state index is 12.8. The number of hydrogen-bond donors (Lipinski definition) is 2. The molecule has 1 aromatic heterocycles.